The van der Waals surface area contributed by atoms with Crippen molar-refractivity contribution in [1.82, 2.24) is 19.1 Å². The maximum atomic E-state index is 11.8. The quantitative estimate of drug-likeness (QED) is 0.676. The van der Waals surface area contributed by atoms with E-state index in [1.165, 1.54) is 4.57 Å². The van der Waals surface area contributed by atoms with Crippen LogP contribution >= 0.6 is 0 Å². The molecule has 0 saturated carbocycles. The van der Waals surface area contributed by atoms with Crippen LogP contribution in [0, 0.1) is 0 Å². The first-order valence-corrected chi connectivity index (χ1v) is 4.32. The van der Waals surface area contributed by atoms with E-state index in [0.717, 1.165) is 0 Å². The Hall–Kier alpha value is -1.85. The number of anilines is 1. The molecular weight excluding hydrogens is 182 g/mol. The van der Waals surface area contributed by atoms with Gasteiger partial charge in [0, 0.05) is 13.6 Å². The summed E-state index contributed by atoms with van der Waals surface area (Å²) in [4.78, 5) is 19.8. The summed E-state index contributed by atoms with van der Waals surface area (Å²) < 4.78 is 3.07. The Labute approximate surface area is 80.0 Å². The van der Waals surface area contributed by atoms with Gasteiger partial charge in [-0.05, 0) is 6.92 Å². The average molecular weight is 193 g/mol. The monoisotopic (exact) mass is 193 g/mol. The van der Waals surface area contributed by atoms with E-state index in [1.54, 1.807) is 17.9 Å². The molecule has 0 aliphatic carbocycles. The topological polar surface area (TPSA) is 78.7 Å². The lowest BCUT2D eigenvalue weighted by atomic mass is 10.5. The molecule has 6 heteroatoms. The number of rotatable bonds is 1. The van der Waals surface area contributed by atoms with Gasteiger partial charge in [-0.15, -0.1) is 0 Å². The van der Waals surface area contributed by atoms with Gasteiger partial charge in [-0.2, -0.15) is 4.98 Å². The number of aromatic nitrogens is 4. The van der Waals surface area contributed by atoms with Gasteiger partial charge in [0.25, 0.3) is 5.56 Å². The van der Waals surface area contributed by atoms with Crippen molar-refractivity contribution in [1.29, 1.82) is 0 Å². The highest BCUT2D eigenvalue weighted by atomic mass is 16.1. The van der Waals surface area contributed by atoms with Gasteiger partial charge in [0.2, 0.25) is 5.95 Å². The lowest BCUT2D eigenvalue weighted by Gasteiger charge is -2.02. The molecule has 0 saturated heterocycles. The third kappa shape index (κ3) is 1.00. The van der Waals surface area contributed by atoms with E-state index in [0.29, 0.717) is 17.7 Å². The van der Waals surface area contributed by atoms with Gasteiger partial charge in [0.05, 0.1) is 6.33 Å². The van der Waals surface area contributed by atoms with Gasteiger partial charge in [-0.1, -0.05) is 0 Å². The number of imidazole rings is 1. The summed E-state index contributed by atoms with van der Waals surface area (Å²) in [6.45, 7) is 2.63. The molecule has 0 atom stereocenters. The molecule has 0 unspecified atom stereocenters. The van der Waals surface area contributed by atoms with Crippen molar-refractivity contribution in [2.75, 3.05) is 5.73 Å². The Balaban J connectivity index is 2.96. The number of nitrogens with zero attached hydrogens (tertiary/aromatic N) is 4. The molecule has 14 heavy (non-hydrogen) atoms. The maximum Gasteiger partial charge on any atom is 0.280 e. The number of aryl methyl sites for hydroxylation is 1. The molecule has 74 valence electrons. The van der Waals surface area contributed by atoms with Crippen LogP contribution in [0.25, 0.3) is 11.2 Å². The molecule has 2 rings (SSSR count). The van der Waals surface area contributed by atoms with Crippen LogP contribution in [0.4, 0.5) is 5.95 Å². The predicted molar refractivity (Wildman–Crippen MR) is 52.9 cm³/mol. The summed E-state index contributed by atoms with van der Waals surface area (Å²) in [5.74, 6) is 0.184. The third-order valence-corrected chi connectivity index (χ3v) is 2.23. The zero-order chi connectivity index (χ0) is 10.3. The van der Waals surface area contributed by atoms with Crippen LogP contribution in [-0.4, -0.2) is 19.1 Å². The highest BCUT2D eigenvalue weighted by molar-refractivity contribution is 5.70. The number of hydrogen-bond donors (Lipinski definition) is 1. The fraction of sp³-hybridized carbons (Fsp3) is 0.375. The Morgan fingerprint density at radius 1 is 1.57 bits per heavy atom. The van der Waals surface area contributed by atoms with Crippen molar-refractivity contribution in [3.63, 3.8) is 0 Å². The zero-order valence-corrected chi connectivity index (χ0v) is 8.06. The number of nitrogens with two attached hydrogens (primary N) is 1. The van der Waals surface area contributed by atoms with E-state index in [1.807, 2.05) is 6.92 Å². The summed E-state index contributed by atoms with van der Waals surface area (Å²) in [6.07, 6.45) is 1.60. The maximum absolute atomic E-state index is 11.8. The Morgan fingerprint density at radius 3 is 2.93 bits per heavy atom. The van der Waals surface area contributed by atoms with E-state index < -0.39 is 0 Å². The summed E-state index contributed by atoms with van der Waals surface area (Å²) in [6, 6.07) is 0. The molecule has 0 aliphatic rings. The summed E-state index contributed by atoms with van der Waals surface area (Å²) in [5.41, 5.74) is 6.29. The summed E-state index contributed by atoms with van der Waals surface area (Å²) >= 11 is 0. The van der Waals surface area contributed by atoms with Crippen LogP contribution in [-0.2, 0) is 13.6 Å². The highest BCUT2D eigenvalue weighted by Crippen LogP contribution is 2.06. The van der Waals surface area contributed by atoms with Gasteiger partial charge >= 0.3 is 0 Å². The van der Waals surface area contributed by atoms with E-state index in [9.17, 15) is 4.79 Å². The molecule has 2 aromatic heterocycles. The molecule has 2 aromatic rings. The minimum absolute atomic E-state index is 0.160. The molecule has 2 N–H and O–H groups in total. The minimum Gasteiger partial charge on any atom is -0.369 e. The van der Waals surface area contributed by atoms with E-state index >= 15 is 0 Å². The minimum atomic E-state index is -0.160. The van der Waals surface area contributed by atoms with Crippen LogP contribution in [0.2, 0.25) is 0 Å². The number of hydrogen-bond acceptors (Lipinski definition) is 4. The van der Waals surface area contributed by atoms with Crippen molar-refractivity contribution in [3.05, 3.63) is 16.7 Å². The Bertz CT molecular complexity index is 538. The van der Waals surface area contributed by atoms with Crippen LogP contribution in [0.1, 0.15) is 6.92 Å². The fourth-order valence-corrected chi connectivity index (χ4v) is 1.36. The normalized spacial score (nSPS) is 11.0. The molecule has 0 bridgehead atoms. The molecule has 0 radical (unpaired) electrons. The lowest BCUT2D eigenvalue weighted by Crippen LogP contribution is -2.23. The predicted octanol–water partition coefficient (Wildman–Crippen LogP) is -0.268. The molecular formula is C8H11N5O. The van der Waals surface area contributed by atoms with Crippen LogP contribution in [0.15, 0.2) is 11.1 Å². The summed E-state index contributed by atoms with van der Waals surface area (Å²) in [7, 11) is 1.59. The van der Waals surface area contributed by atoms with Crippen molar-refractivity contribution in [2.45, 2.75) is 13.5 Å². The second-order valence-corrected chi connectivity index (χ2v) is 3.04. The molecule has 6 nitrogen and oxygen atoms in total. The van der Waals surface area contributed by atoms with Gasteiger partial charge in [-0.25, -0.2) is 4.98 Å². The van der Waals surface area contributed by atoms with Crippen molar-refractivity contribution in [3.8, 4) is 0 Å². The van der Waals surface area contributed by atoms with Crippen molar-refractivity contribution in [2.24, 2.45) is 7.05 Å². The molecule has 0 fully saturated rings. The van der Waals surface area contributed by atoms with Gasteiger partial charge in [0.1, 0.15) is 0 Å². The standard InChI is InChI=1S/C8H11N5O/c1-3-13-4-10-6-5(13)7(14)12(2)8(9)11-6/h4H,3H2,1-2H3,(H2,9,11). The first kappa shape index (κ1) is 8.74. The van der Waals surface area contributed by atoms with Crippen molar-refractivity contribution >= 4 is 17.1 Å². The van der Waals surface area contributed by atoms with Crippen molar-refractivity contribution < 1.29 is 0 Å². The molecule has 2 heterocycles. The fourth-order valence-electron chi connectivity index (χ4n) is 1.36. The van der Waals surface area contributed by atoms with Gasteiger partial charge < -0.3 is 10.3 Å². The van der Waals surface area contributed by atoms with E-state index in [2.05, 4.69) is 9.97 Å². The van der Waals surface area contributed by atoms with Crippen LogP contribution in [0.3, 0.4) is 0 Å². The SMILES string of the molecule is CCn1cnc2nc(N)n(C)c(=O)c21. The van der Waals surface area contributed by atoms with Crippen LogP contribution < -0.4 is 11.3 Å². The Kier molecular flexibility index (Phi) is 1.77. The third-order valence-electron chi connectivity index (χ3n) is 2.23. The smallest absolute Gasteiger partial charge is 0.280 e. The zero-order valence-electron chi connectivity index (χ0n) is 8.06. The molecule has 0 aromatic carbocycles. The van der Waals surface area contributed by atoms with Crippen LogP contribution in [0.5, 0.6) is 0 Å². The van der Waals surface area contributed by atoms with Gasteiger partial charge in [0.15, 0.2) is 11.2 Å². The largest absolute Gasteiger partial charge is 0.369 e. The lowest BCUT2D eigenvalue weighted by molar-refractivity contribution is 0.771. The first-order valence-electron chi connectivity index (χ1n) is 4.32. The molecule has 0 aliphatic heterocycles. The average Bonchev–Trinajstić information content (AvgIpc) is 2.57. The summed E-state index contributed by atoms with van der Waals surface area (Å²) in [5, 5.41) is 0. The molecule has 0 amide bonds. The van der Waals surface area contributed by atoms with Gasteiger partial charge in [-0.3, -0.25) is 9.36 Å². The first-order chi connectivity index (χ1) is 6.65. The number of fused-ring (bicyclic) bond motifs is 1. The highest BCUT2D eigenvalue weighted by Gasteiger charge is 2.10. The molecule has 0 spiro atoms. The Morgan fingerprint density at radius 2 is 2.29 bits per heavy atom. The van der Waals surface area contributed by atoms with E-state index in [-0.39, 0.29) is 11.5 Å². The number of nitrogen functional groups attached to an aromatic ring is 1. The van der Waals surface area contributed by atoms with E-state index in [4.69, 9.17) is 5.73 Å². The second-order valence-electron chi connectivity index (χ2n) is 3.04. The second kappa shape index (κ2) is 2.83.